The van der Waals surface area contributed by atoms with E-state index in [1.807, 2.05) is 0 Å². The van der Waals surface area contributed by atoms with Crippen LogP contribution in [0.25, 0.3) is 0 Å². The largest absolute Gasteiger partial charge is 0.349 e. The number of nitrogens with one attached hydrogen (secondary N) is 1. The van der Waals surface area contributed by atoms with Crippen LogP contribution in [0.2, 0.25) is 0 Å². The lowest BCUT2D eigenvalue weighted by atomic mass is 10.2. The molecule has 0 aliphatic heterocycles. The van der Waals surface area contributed by atoms with Crippen LogP contribution in [0.5, 0.6) is 0 Å². The fourth-order valence-electron chi connectivity index (χ4n) is 1.02. The number of aromatic amines is 1. The van der Waals surface area contributed by atoms with Gasteiger partial charge in [0.25, 0.3) is 0 Å². The molecule has 1 N–H and O–H groups in total. The molecule has 0 aliphatic rings. The quantitative estimate of drug-likeness (QED) is 0.731. The summed E-state index contributed by atoms with van der Waals surface area (Å²) in [5, 5.41) is 0. The summed E-state index contributed by atoms with van der Waals surface area (Å²) in [5.74, 6) is 0.907. The highest BCUT2D eigenvalue weighted by molar-refractivity contribution is 7.72. The van der Waals surface area contributed by atoms with Crippen molar-refractivity contribution in [1.29, 1.82) is 0 Å². The molecule has 0 saturated carbocycles. The van der Waals surface area contributed by atoms with E-state index in [-0.39, 0.29) is 0 Å². The van der Waals surface area contributed by atoms with E-state index in [1.54, 1.807) is 19.3 Å². The Kier molecular flexibility index (Phi) is 3.70. The van der Waals surface area contributed by atoms with Crippen LogP contribution in [-0.4, -0.2) is 23.3 Å². The lowest BCUT2D eigenvalue weighted by Gasteiger charge is -1.94. The van der Waals surface area contributed by atoms with Crippen LogP contribution in [0.4, 0.5) is 0 Å². The van der Waals surface area contributed by atoms with Gasteiger partial charge in [-0.05, 0) is 19.8 Å². The third-order valence-corrected chi connectivity index (χ3v) is 2.55. The Morgan fingerprint density at radius 1 is 1.62 bits per heavy atom. The molecule has 0 fully saturated rings. The predicted octanol–water partition coefficient (Wildman–Crippen LogP) is 0.804. The molecule has 13 heavy (non-hydrogen) atoms. The molecule has 4 nitrogen and oxygen atoms in total. The summed E-state index contributed by atoms with van der Waals surface area (Å²) in [6.07, 6.45) is 5.67. The number of imidazole rings is 1. The molecule has 5 heteroatoms. The number of H-pyrrole nitrogens is 1. The summed E-state index contributed by atoms with van der Waals surface area (Å²) in [6, 6.07) is 0. The number of aryl methyl sites for hydroxylation is 1. The van der Waals surface area contributed by atoms with Crippen LogP contribution < -0.4 is 0 Å². The first kappa shape index (κ1) is 9.98. The predicted molar refractivity (Wildman–Crippen MR) is 51.1 cm³/mol. The zero-order chi connectivity index (χ0) is 9.68. The van der Waals surface area contributed by atoms with E-state index in [4.69, 9.17) is 0 Å². The average Bonchev–Trinajstić information content (AvgIpc) is 2.56. The van der Waals surface area contributed by atoms with Crippen LogP contribution in [0.3, 0.4) is 0 Å². The molecule has 0 saturated heterocycles. The maximum absolute atomic E-state index is 10.4. The molecule has 0 aromatic carbocycles. The third kappa shape index (κ3) is 3.42. The molecule has 1 aromatic rings. The van der Waals surface area contributed by atoms with E-state index in [1.165, 1.54) is 0 Å². The van der Waals surface area contributed by atoms with Crippen LogP contribution in [0.15, 0.2) is 12.4 Å². The van der Waals surface area contributed by atoms with Crippen molar-refractivity contribution in [3.8, 4) is 0 Å². The first-order chi connectivity index (χ1) is 6.20. The SMILES string of the molecule is CC(CCCc1ncc[nH]1)=S(=O)=O. The Hall–Kier alpha value is -1.10. The summed E-state index contributed by atoms with van der Waals surface area (Å²) in [5.41, 5.74) is 0. The van der Waals surface area contributed by atoms with Crippen molar-refractivity contribution in [2.45, 2.75) is 26.2 Å². The first-order valence-corrected chi connectivity index (χ1v) is 5.17. The second kappa shape index (κ2) is 4.81. The van der Waals surface area contributed by atoms with Gasteiger partial charge in [0.05, 0.1) is 0 Å². The van der Waals surface area contributed by atoms with Gasteiger partial charge in [-0.2, -0.15) is 8.42 Å². The number of hydrogen-bond donors (Lipinski definition) is 1. The van der Waals surface area contributed by atoms with Gasteiger partial charge in [-0.3, -0.25) is 0 Å². The molecule has 1 heterocycles. The molecule has 0 unspecified atom stereocenters. The van der Waals surface area contributed by atoms with Gasteiger partial charge in [-0.25, -0.2) is 4.98 Å². The molecule has 0 aliphatic carbocycles. The van der Waals surface area contributed by atoms with E-state index < -0.39 is 10.3 Å². The molecule has 0 radical (unpaired) electrons. The highest BCUT2D eigenvalue weighted by Crippen LogP contribution is 1.99. The maximum atomic E-state index is 10.4. The van der Waals surface area contributed by atoms with Crippen molar-refractivity contribution >= 4 is 15.2 Å². The molecule has 0 amide bonds. The lowest BCUT2D eigenvalue weighted by Crippen LogP contribution is -1.95. The fourth-order valence-corrected chi connectivity index (χ4v) is 1.33. The zero-order valence-corrected chi connectivity index (χ0v) is 8.26. The van der Waals surface area contributed by atoms with Gasteiger partial charge in [0, 0.05) is 23.7 Å². The molecule has 72 valence electrons. The smallest absolute Gasteiger partial charge is 0.212 e. The number of rotatable bonds is 4. The van der Waals surface area contributed by atoms with E-state index in [2.05, 4.69) is 9.97 Å². The van der Waals surface area contributed by atoms with Crippen molar-refractivity contribution in [1.82, 2.24) is 9.97 Å². The standard InChI is InChI=1S/C8H12N2O2S/c1-7(13(11)12)3-2-4-8-9-5-6-10-8/h5-6H,2-4H2,1H3,(H,9,10). The minimum absolute atomic E-state index is 0.506. The second-order valence-corrected chi connectivity index (χ2v) is 3.99. The van der Waals surface area contributed by atoms with Crippen LogP contribution >= 0.6 is 0 Å². The van der Waals surface area contributed by atoms with Crippen LogP contribution in [-0.2, 0) is 16.7 Å². The van der Waals surface area contributed by atoms with E-state index in [0.717, 1.165) is 18.7 Å². The molecule has 0 atom stereocenters. The van der Waals surface area contributed by atoms with E-state index in [9.17, 15) is 8.42 Å². The van der Waals surface area contributed by atoms with Crippen molar-refractivity contribution in [2.75, 3.05) is 0 Å². The minimum Gasteiger partial charge on any atom is -0.349 e. The van der Waals surface area contributed by atoms with Gasteiger partial charge >= 0.3 is 0 Å². The van der Waals surface area contributed by atoms with Crippen molar-refractivity contribution < 1.29 is 8.42 Å². The Morgan fingerprint density at radius 2 is 2.38 bits per heavy atom. The summed E-state index contributed by atoms with van der Waals surface area (Å²) >= 11 is 0. The monoisotopic (exact) mass is 200 g/mol. The Bertz CT molecular complexity index is 370. The van der Waals surface area contributed by atoms with Gasteiger partial charge in [0.2, 0.25) is 10.3 Å². The van der Waals surface area contributed by atoms with Crippen LogP contribution in [0, 0.1) is 0 Å². The van der Waals surface area contributed by atoms with Gasteiger partial charge in [0.1, 0.15) is 5.82 Å². The molecular formula is C8H12N2O2S. The van der Waals surface area contributed by atoms with E-state index >= 15 is 0 Å². The Morgan fingerprint density at radius 3 is 2.92 bits per heavy atom. The van der Waals surface area contributed by atoms with Crippen molar-refractivity contribution in [2.24, 2.45) is 0 Å². The average molecular weight is 200 g/mol. The molecular weight excluding hydrogens is 188 g/mol. The summed E-state index contributed by atoms with van der Waals surface area (Å²) in [7, 11) is -2.02. The number of nitrogens with zero attached hydrogens (tertiary/aromatic N) is 1. The maximum Gasteiger partial charge on any atom is 0.212 e. The van der Waals surface area contributed by atoms with Crippen molar-refractivity contribution in [3.05, 3.63) is 18.2 Å². The highest BCUT2D eigenvalue weighted by Gasteiger charge is 1.97. The van der Waals surface area contributed by atoms with Gasteiger partial charge < -0.3 is 4.98 Å². The minimum atomic E-state index is -2.02. The number of hydrogen-bond acceptors (Lipinski definition) is 3. The normalized spacial score (nSPS) is 9.92. The first-order valence-electron chi connectivity index (χ1n) is 4.10. The summed E-state index contributed by atoms with van der Waals surface area (Å²) < 4.78 is 20.9. The molecule has 0 bridgehead atoms. The van der Waals surface area contributed by atoms with Crippen LogP contribution in [0.1, 0.15) is 25.6 Å². The van der Waals surface area contributed by atoms with E-state index in [0.29, 0.717) is 11.3 Å². The van der Waals surface area contributed by atoms with Gasteiger partial charge in [-0.1, -0.05) is 0 Å². The Labute approximate surface area is 78.5 Å². The lowest BCUT2D eigenvalue weighted by molar-refractivity contribution is 0.626. The summed E-state index contributed by atoms with van der Waals surface area (Å²) in [6.45, 7) is 1.63. The second-order valence-electron chi connectivity index (χ2n) is 2.83. The Balaban J connectivity index is 2.34. The van der Waals surface area contributed by atoms with Crippen molar-refractivity contribution in [3.63, 3.8) is 0 Å². The third-order valence-electron chi connectivity index (χ3n) is 1.78. The molecule has 1 rings (SSSR count). The molecule has 1 aromatic heterocycles. The van der Waals surface area contributed by atoms with Gasteiger partial charge in [-0.15, -0.1) is 0 Å². The molecule has 0 spiro atoms. The number of aromatic nitrogens is 2. The highest BCUT2D eigenvalue weighted by atomic mass is 32.2. The topological polar surface area (TPSA) is 62.8 Å². The van der Waals surface area contributed by atoms with Gasteiger partial charge in [0.15, 0.2) is 0 Å². The zero-order valence-electron chi connectivity index (χ0n) is 7.45. The fraction of sp³-hybridized carbons (Fsp3) is 0.500. The summed E-state index contributed by atoms with van der Waals surface area (Å²) in [4.78, 5) is 7.51.